The zero-order valence-electron chi connectivity index (χ0n) is 10.6. The van der Waals surface area contributed by atoms with Crippen LogP contribution >= 0.6 is 0 Å². The van der Waals surface area contributed by atoms with Crippen LogP contribution in [0, 0.1) is 5.92 Å². The van der Waals surface area contributed by atoms with Gasteiger partial charge < -0.3 is 19.7 Å². The molecule has 0 bridgehead atoms. The van der Waals surface area contributed by atoms with Crippen LogP contribution in [0.1, 0.15) is 25.0 Å². The van der Waals surface area contributed by atoms with Crippen LogP contribution in [0.25, 0.3) is 11.1 Å². The van der Waals surface area contributed by atoms with Gasteiger partial charge in [0.1, 0.15) is 0 Å². The van der Waals surface area contributed by atoms with Crippen molar-refractivity contribution in [1.29, 1.82) is 0 Å². The van der Waals surface area contributed by atoms with E-state index in [9.17, 15) is 0 Å². The molecule has 1 aromatic heterocycles. The van der Waals surface area contributed by atoms with Gasteiger partial charge in [0, 0.05) is 5.92 Å². The molecule has 19 heavy (non-hydrogen) atoms. The highest BCUT2D eigenvalue weighted by molar-refractivity contribution is 5.77. The van der Waals surface area contributed by atoms with E-state index in [1.807, 2.05) is 18.2 Å². The lowest BCUT2D eigenvalue weighted by atomic mass is 10.0. The first-order valence-electron chi connectivity index (χ1n) is 6.39. The van der Waals surface area contributed by atoms with E-state index in [2.05, 4.69) is 12.1 Å². The van der Waals surface area contributed by atoms with Crippen LogP contribution in [0.2, 0.25) is 0 Å². The van der Waals surface area contributed by atoms with Crippen LogP contribution in [-0.2, 0) is 0 Å². The van der Waals surface area contributed by atoms with E-state index in [0.717, 1.165) is 34.7 Å². The van der Waals surface area contributed by atoms with Gasteiger partial charge in [0.25, 0.3) is 0 Å². The standard InChI is InChI=1S/C14H14N2O3/c1-7-4-9(7)13-12(14(15)19-16-13)8-2-3-10-11(5-8)18-6-17-10/h2-3,5,7,9H,4,6,15H2,1H3. The molecule has 1 aromatic carbocycles. The Hall–Kier alpha value is -2.17. The van der Waals surface area contributed by atoms with Crippen molar-refractivity contribution in [3.63, 3.8) is 0 Å². The first kappa shape index (κ1) is 10.7. The zero-order chi connectivity index (χ0) is 13.0. The molecule has 5 nitrogen and oxygen atoms in total. The third-order valence-electron chi connectivity index (χ3n) is 3.87. The summed E-state index contributed by atoms with van der Waals surface area (Å²) in [5, 5.41) is 4.13. The van der Waals surface area contributed by atoms with Crippen molar-refractivity contribution >= 4 is 5.88 Å². The SMILES string of the molecule is CC1CC1c1noc(N)c1-c1ccc2c(c1)OCO2. The van der Waals surface area contributed by atoms with Crippen LogP contribution in [0.3, 0.4) is 0 Å². The first-order valence-corrected chi connectivity index (χ1v) is 6.39. The Kier molecular flexibility index (Phi) is 2.07. The topological polar surface area (TPSA) is 70.5 Å². The normalized spacial score (nSPS) is 23.6. The number of rotatable bonds is 2. The predicted molar refractivity (Wildman–Crippen MR) is 69.0 cm³/mol. The van der Waals surface area contributed by atoms with Crippen molar-refractivity contribution in [3.05, 3.63) is 23.9 Å². The number of nitrogen functional groups attached to an aromatic ring is 1. The lowest BCUT2D eigenvalue weighted by molar-refractivity contribution is 0.174. The summed E-state index contributed by atoms with van der Waals surface area (Å²) in [5.74, 6) is 2.99. The Balaban J connectivity index is 1.82. The van der Waals surface area contributed by atoms with Crippen LogP contribution in [-0.4, -0.2) is 11.9 Å². The molecule has 2 N–H and O–H groups in total. The second-order valence-corrected chi connectivity index (χ2v) is 5.19. The smallest absolute Gasteiger partial charge is 0.231 e. The molecule has 2 unspecified atom stereocenters. The number of ether oxygens (including phenoxy) is 2. The maximum Gasteiger partial charge on any atom is 0.231 e. The average molecular weight is 258 g/mol. The molecule has 0 radical (unpaired) electrons. The van der Waals surface area contributed by atoms with E-state index >= 15 is 0 Å². The minimum atomic E-state index is 0.268. The van der Waals surface area contributed by atoms with Crippen molar-refractivity contribution < 1.29 is 14.0 Å². The van der Waals surface area contributed by atoms with Crippen LogP contribution in [0.5, 0.6) is 11.5 Å². The first-order chi connectivity index (χ1) is 9.24. The molecule has 1 aliphatic heterocycles. The van der Waals surface area contributed by atoms with Crippen molar-refractivity contribution in [2.75, 3.05) is 12.5 Å². The van der Waals surface area contributed by atoms with Gasteiger partial charge in [-0.3, -0.25) is 0 Å². The Morgan fingerprint density at radius 1 is 1.26 bits per heavy atom. The van der Waals surface area contributed by atoms with Crippen molar-refractivity contribution in [3.8, 4) is 22.6 Å². The maximum absolute atomic E-state index is 5.93. The largest absolute Gasteiger partial charge is 0.454 e. The van der Waals surface area contributed by atoms with Crippen LogP contribution in [0.15, 0.2) is 22.7 Å². The van der Waals surface area contributed by atoms with Crippen molar-refractivity contribution in [2.24, 2.45) is 5.92 Å². The summed E-state index contributed by atoms with van der Waals surface area (Å²) in [7, 11) is 0. The summed E-state index contributed by atoms with van der Waals surface area (Å²) in [6.07, 6.45) is 1.14. The van der Waals surface area contributed by atoms with Gasteiger partial charge in [0.2, 0.25) is 12.7 Å². The van der Waals surface area contributed by atoms with E-state index < -0.39 is 0 Å². The van der Waals surface area contributed by atoms with Gasteiger partial charge in [0.05, 0.1) is 11.3 Å². The minimum Gasteiger partial charge on any atom is -0.454 e. The second kappa shape index (κ2) is 3.66. The Morgan fingerprint density at radius 2 is 2.05 bits per heavy atom. The van der Waals surface area contributed by atoms with E-state index in [-0.39, 0.29) is 6.79 Å². The highest BCUT2D eigenvalue weighted by Crippen LogP contribution is 2.51. The number of nitrogens with zero attached hydrogens (tertiary/aromatic N) is 1. The Bertz CT molecular complexity index is 650. The van der Waals surface area contributed by atoms with Crippen LogP contribution < -0.4 is 15.2 Å². The zero-order valence-corrected chi connectivity index (χ0v) is 10.6. The summed E-state index contributed by atoms with van der Waals surface area (Å²) >= 11 is 0. The number of hydrogen-bond donors (Lipinski definition) is 1. The molecule has 98 valence electrons. The number of fused-ring (bicyclic) bond motifs is 1. The van der Waals surface area contributed by atoms with E-state index in [0.29, 0.717) is 17.7 Å². The highest BCUT2D eigenvalue weighted by Gasteiger charge is 2.39. The van der Waals surface area contributed by atoms with E-state index in [1.54, 1.807) is 0 Å². The molecule has 2 aromatic rings. The monoisotopic (exact) mass is 258 g/mol. The number of hydrogen-bond acceptors (Lipinski definition) is 5. The van der Waals surface area contributed by atoms with Gasteiger partial charge in [-0.05, 0) is 30.0 Å². The molecule has 1 saturated carbocycles. The molecular weight excluding hydrogens is 244 g/mol. The summed E-state index contributed by atoms with van der Waals surface area (Å²) in [6, 6.07) is 5.79. The van der Waals surface area contributed by atoms with Crippen LogP contribution in [0.4, 0.5) is 5.88 Å². The molecule has 4 rings (SSSR count). The van der Waals surface area contributed by atoms with Gasteiger partial charge >= 0.3 is 0 Å². The molecule has 2 heterocycles. The van der Waals surface area contributed by atoms with Gasteiger partial charge in [-0.25, -0.2) is 0 Å². The number of benzene rings is 1. The Morgan fingerprint density at radius 3 is 2.84 bits per heavy atom. The summed E-state index contributed by atoms with van der Waals surface area (Å²) in [6.45, 7) is 2.48. The molecule has 0 saturated heterocycles. The maximum atomic E-state index is 5.93. The van der Waals surface area contributed by atoms with Gasteiger partial charge in [-0.1, -0.05) is 18.1 Å². The van der Waals surface area contributed by atoms with E-state index in [4.69, 9.17) is 19.7 Å². The van der Waals surface area contributed by atoms with E-state index in [1.165, 1.54) is 0 Å². The van der Waals surface area contributed by atoms with Gasteiger partial charge in [-0.15, -0.1) is 0 Å². The molecule has 2 aliphatic rings. The van der Waals surface area contributed by atoms with Gasteiger partial charge in [0.15, 0.2) is 11.5 Å². The molecule has 1 fully saturated rings. The third-order valence-corrected chi connectivity index (χ3v) is 3.87. The minimum absolute atomic E-state index is 0.268. The van der Waals surface area contributed by atoms with Gasteiger partial charge in [-0.2, -0.15) is 0 Å². The second-order valence-electron chi connectivity index (χ2n) is 5.19. The molecule has 2 atom stereocenters. The molecule has 5 heteroatoms. The van der Waals surface area contributed by atoms with Crippen molar-refractivity contribution in [1.82, 2.24) is 5.16 Å². The summed E-state index contributed by atoms with van der Waals surface area (Å²) in [5.41, 5.74) is 8.76. The van der Waals surface area contributed by atoms with Crippen molar-refractivity contribution in [2.45, 2.75) is 19.3 Å². The summed E-state index contributed by atoms with van der Waals surface area (Å²) < 4.78 is 15.9. The quantitative estimate of drug-likeness (QED) is 0.896. The number of aromatic nitrogens is 1. The molecule has 0 amide bonds. The average Bonchev–Trinajstić information content (AvgIpc) is 2.83. The third kappa shape index (κ3) is 1.58. The fraction of sp³-hybridized carbons (Fsp3) is 0.357. The number of nitrogens with two attached hydrogens (primary N) is 1. The predicted octanol–water partition coefficient (Wildman–Crippen LogP) is 2.78. The Labute approximate surface area is 110 Å². The fourth-order valence-electron chi connectivity index (χ4n) is 2.61. The summed E-state index contributed by atoms with van der Waals surface area (Å²) in [4.78, 5) is 0. The molecule has 0 spiro atoms. The fourth-order valence-corrected chi connectivity index (χ4v) is 2.61. The number of anilines is 1. The highest BCUT2D eigenvalue weighted by atomic mass is 16.7. The lowest BCUT2D eigenvalue weighted by Gasteiger charge is -2.03. The lowest BCUT2D eigenvalue weighted by Crippen LogP contribution is -1.93. The molecule has 1 aliphatic carbocycles. The molecular formula is C14H14N2O3.